The standard InChI is InChI=1S/C22H23Cl2N2O8PS2/c1-3-33-35(28,34-4-2)26(37(31,32)17-13-9-6-10-14-17)19-15-18(22(27)21(24)20(19)23)25-36(29,30)16-11-7-5-8-12-16/h5-15,25,27H,3-4H2,1-2H3. The molecule has 0 aliphatic rings. The Kier molecular flexibility index (Phi) is 9.18. The Hall–Kier alpha value is -2.31. The summed E-state index contributed by atoms with van der Waals surface area (Å²) in [5.74, 6) is -0.783. The van der Waals surface area contributed by atoms with Gasteiger partial charge in [-0.05, 0) is 44.2 Å². The molecule has 0 aliphatic heterocycles. The van der Waals surface area contributed by atoms with Crippen LogP contribution < -0.4 is 8.80 Å². The van der Waals surface area contributed by atoms with Crippen LogP contribution in [0.3, 0.4) is 0 Å². The first-order valence-corrected chi connectivity index (χ1v) is 15.8. The van der Waals surface area contributed by atoms with Gasteiger partial charge in [-0.25, -0.2) is 21.4 Å². The molecule has 200 valence electrons. The van der Waals surface area contributed by atoms with Crippen molar-refractivity contribution in [2.45, 2.75) is 23.6 Å². The number of aromatic hydroxyl groups is 1. The summed E-state index contributed by atoms with van der Waals surface area (Å²) >= 11 is 12.5. The van der Waals surface area contributed by atoms with Crippen LogP contribution in [-0.4, -0.2) is 35.2 Å². The van der Waals surface area contributed by atoms with Crippen LogP contribution in [0.1, 0.15) is 13.8 Å². The summed E-state index contributed by atoms with van der Waals surface area (Å²) < 4.78 is 80.4. The number of halogens is 2. The lowest BCUT2D eigenvalue weighted by Crippen LogP contribution is -2.30. The molecule has 0 saturated heterocycles. The number of hydrogen-bond donors (Lipinski definition) is 2. The van der Waals surface area contributed by atoms with Crippen LogP contribution in [0, 0.1) is 0 Å². The van der Waals surface area contributed by atoms with Gasteiger partial charge in [-0.3, -0.25) is 13.8 Å². The Bertz CT molecular complexity index is 1510. The number of benzene rings is 3. The largest absolute Gasteiger partial charge is 0.504 e. The van der Waals surface area contributed by atoms with Crippen LogP contribution in [0.25, 0.3) is 0 Å². The lowest BCUT2D eigenvalue weighted by molar-refractivity contribution is 0.221. The maximum Gasteiger partial charge on any atom is 0.449 e. The Balaban J connectivity index is 2.31. The molecule has 3 aromatic carbocycles. The van der Waals surface area contributed by atoms with Gasteiger partial charge < -0.3 is 5.11 Å². The molecule has 0 unspecified atom stereocenters. The van der Waals surface area contributed by atoms with Crippen LogP contribution >= 0.6 is 30.9 Å². The molecule has 0 bridgehead atoms. The average molecular weight is 609 g/mol. The fourth-order valence-corrected chi connectivity index (χ4v) is 8.87. The van der Waals surface area contributed by atoms with Gasteiger partial charge in [-0.2, -0.15) is 4.08 Å². The van der Waals surface area contributed by atoms with Gasteiger partial charge in [0.25, 0.3) is 20.0 Å². The van der Waals surface area contributed by atoms with Crippen molar-refractivity contribution in [2.75, 3.05) is 22.0 Å². The van der Waals surface area contributed by atoms with E-state index < -0.39 is 55.0 Å². The van der Waals surface area contributed by atoms with Crippen molar-refractivity contribution < 1.29 is 35.6 Å². The third-order valence-corrected chi connectivity index (χ3v) is 11.6. The molecule has 0 amide bonds. The maximum atomic E-state index is 13.9. The number of anilines is 2. The van der Waals surface area contributed by atoms with E-state index in [9.17, 15) is 26.5 Å². The number of hydrogen-bond acceptors (Lipinski definition) is 8. The van der Waals surface area contributed by atoms with E-state index in [0.29, 0.717) is 4.08 Å². The van der Waals surface area contributed by atoms with Crippen LogP contribution in [0.15, 0.2) is 76.5 Å². The van der Waals surface area contributed by atoms with Crippen LogP contribution in [-0.2, 0) is 33.7 Å². The average Bonchev–Trinajstić information content (AvgIpc) is 2.86. The summed E-state index contributed by atoms with van der Waals surface area (Å²) in [6.07, 6.45) is 0. The van der Waals surface area contributed by atoms with Crippen LogP contribution in [0.5, 0.6) is 5.75 Å². The summed E-state index contributed by atoms with van der Waals surface area (Å²) in [6, 6.07) is 15.1. The van der Waals surface area contributed by atoms with Crippen molar-refractivity contribution in [3.8, 4) is 5.75 Å². The fraction of sp³-hybridized carbons (Fsp3) is 0.182. The molecule has 2 N–H and O–H groups in total. The molecular formula is C22H23Cl2N2O8PS2. The molecule has 0 fully saturated rings. The molecule has 0 heterocycles. The number of nitrogens with zero attached hydrogens (tertiary/aromatic N) is 1. The third kappa shape index (κ3) is 6.06. The van der Waals surface area contributed by atoms with Gasteiger partial charge in [0.05, 0.1) is 39.4 Å². The minimum Gasteiger partial charge on any atom is -0.504 e. The van der Waals surface area contributed by atoms with E-state index >= 15 is 0 Å². The lowest BCUT2D eigenvalue weighted by Gasteiger charge is -2.31. The zero-order valence-corrected chi connectivity index (χ0v) is 23.6. The molecular weight excluding hydrogens is 586 g/mol. The second kappa shape index (κ2) is 11.6. The number of phenols is 1. The van der Waals surface area contributed by atoms with E-state index in [1.165, 1.54) is 62.4 Å². The zero-order valence-electron chi connectivity index (χ0n) is 19.5. The Morgan fingerprint density at radius 2 is 1.35 bits per heavy atom. The molecule has 0 atom stereocenters. The smallest absolute Gasteiger partial charge is 0.449 e. The number of phenolic OH excluding ortho intramolecular Hbond substituents is 1. The van der Waals surface area contributed by atoms with Crippen LogP contribution in [0.2, 0.25) is 10.0 Å². The van der Waals surface area contributed by atoms with E-state index in [2.05, 4.69) is 4.72 Å². The Labute approximate surface area is 225 Å². The predicted molar refractivity (Wildman–Crippen MR) is 142 cm³/mol. The van der Waals surface area contributed by atoms with Crippen molar-refractivity contribution in [3.05, 3.63) is 76.8 Å². The first kappa shape index (κ1) is 29.2. The van der Waals surface area contributed by atoms with Crippen molar-refractivity contribution >= 4 is 62.4 Å². The first-order valence-electron chi connectivity index (χ1n) is 10.7. The van der Waals surface area contributed by atoms with E-state index in [1.807, 2.05) is 0 Å². The molecule has 0 aromatic heterocycles. The third-order valence-electron chi connectivity index (χ3n) is 4.74. The highest BCUT2D eigenvalue weighted by Gasteiger charge is 2.45. The molecule has 0 saturated carbocycles. The number of nitrogens with one attached hydrogen (secondary N) is 1. The molecule has 3 aromatic rings. The zero-order chi connectivity index (χ0) is 27.4. The van der Waals surface area contributed by atoms with Gasteiger partial charge in [-0.15, -0.1) is 0 Å². The van der Waals surface area contributed by atoms with Gasteiger partial charge in [0.1, 0.15) is 5.02 Å². The van der Waals surface area contributed by atoms with Gasteiger partial charge in [0.15, 0.2) is 5.75 Å². The lowest BCUT2D eigenvalue weighted by atomic mass is 10.2. The second-order valence-corrected chi connectivity index (χ2v) is 13.6. The minimum absolute atomic E-state index is 0.148. The summed E-state index contributed by atoms with van der Waals surface area (Å²) in [4.78, 5) is -0.439. The van der Waals surface area contributed by atoms with Gasteiger partial charge >= 0.3 is 7.75 Å². The molecule has 10 nitrogen and oxygen atoms in total. The molecule has 0 aliphatic carbocycles. The summed E-state index contributed by atoms with van der Waals surface area (Å²) in [7, 11) is -13.7. The topological polar surface area (TPSA) is 139 Å². The van der Waals surface area contributed by atoms with Crippen molar-refractivity contribution in [1.29, 1.82) is 0 Å². The second-order valence-electron chi connectivity index (χ2n) is 7.20. The van der Waals surface area contributed by atoms with E-state index in [0.717, 1.165) is 6.07 Å². The highest BCUT2D eigenvalue weighted by atomic mass is 35.5. The monoisotopic (exact) mass is 608 g/mol. The highest BCUT2D eigenvalue weighted by molar-refractivity contribution is 7.99. The summed E-state index contributed by atoms with van der Waals surface area (Å²) in [6.45, 7) is 2.53. The minimum atomic E-state index is -4.70. The molecule has 0 spiro atoms. The van der Waals surface area contributed by atoms with Crippen molar-refractivity contribution in [2.24, 2.45) is 0 Å². The Morgan fingerprint density at radius 3 is 1.84 bits per heavy atom. The SMILES string of the molecule is CCOP(=O)(OCC)N(c1cc(NS(=O)(=O)c2ccccc2)c(O)c(Cl)c1Cl)S(=O)(=O)c1ccccc1. The van der Waals surface area contributed by atoms with Gasteiger partial charge in [-0.1, -0.05) is 59.6 Å². The van der Waals surface area contributed by atoms with Crippen LogP contribution in [0.4, 0.5) is 11.4 Å². The summed E-state index contributed by atoms with van der Waals surface area (Å²) in [5, 5.41) is 9.44. The summed E-state index contributed by atoms with van der Waals surface area (Å²) in [5.41, 5.74) is -1.08. The molecule has 15 heteroatoms. The van der Waals surface area contributed by atoms with E-state index in [4.69, 9.17) is 32.2 Å². The van der Waals surface area contributed by atoms with Crippen molar-refractivity contribution in [1.82, 2.24) is 0 Å². The molecule has 3 rings (SSSR count). The van der Waals surface area contributed by atoms with Gasteiger partial charge in [0, 0.05) is 0 Å². The van der Waals surface area contributed by atoms with Crippen molar-refractivity contribution in [3.63, 3.8) is 0 Å². The maximum absolute atomic E-state index is 13.9. The first-order chi connectivity index (χ1) is 17.4. The fourth-order valence-electron chi connectivity index (χ4n) is 3.18. The van der Waals surface area contributed by atoms with Gasteiger partial charge in [0.2, 0.25) is 0 Å². The molecule has 0 radical (unpaired) electrons. The normalized spacial score (nSPS) is 12.3. The molecule has 37 heavy (non-hydrogen) atoms. The van der Waals surface area contributed by atoms with E-state index in [1.54, 1.807) is 12.1 Å². The number of sulfonamides is 2. The predicted octanol–water partition coefficient (Wildman–Crippen LogP) is 5.88. The quantitative estimate of drug-likeness (QED) is 0.203. The Morgan fingerprint density at radius 1 is 0.865 bits per heavy atom. The number of rotatable bonds is 11. The van der Waals surface area contributed by atoms with E-state index in [-0.39, 0.29) is 23.0 Å². The highest BCUT2D eigenvalue weighted by Crippen LogP contribution is 2.60.